The highest BCUT2D eigenvalue weighted by Gasteiger charge is 2.13. The van der Waals surface area contributed by atoms with Gasteiger partial charge in [-0.1, -0.05) is 11.3 Å². The molecule has 110 valence electrons. The van der Waals surface area contributed by atoms with Gasteiger partial charge in [0.15, 0.2) is 5.13 Å². The Morgan fingerprint density at radius 2 is 2.05 bits per heavy atom. The molecule has 0 radical (unpaired) electrons. The molecule has 0 spiro atoms. The van der Waals surface area contributed by atoms with Gasteiger partial charge in [-0.25, -0.2) is 0 Å². The summed E-state index contributed by atoms with van der Waals surface area (Å²) in [6.45, 7) is 2.01. The van der Waals surface area contributed by atoms with Crippen molar-refractivity contribution in [1.82, 2.24) is 10.3 Å². The number of hydrogen-bond donors (Lipinski definition) is 1. The summed E-state index contributed by atoms with van der Waals surface area (Å²) in [7, 11) is 8.93. The molecule has 1 rings (SSSR count). The number of ether oxygens (including phenoxy) is 3. The van der Waals surface area contributed by atoms with Crippen LogP contribution in [0.3, 0.4) is 0 Å². The molecule has 0 saturated carbocycles. The first kappa shape index (κ1) is 16.2. The average molecular weight is 289 g/mol. The molecule has 0 bridgehead atoms. The van der Waals surface area contributed by atoms with E-state index in [0.717, 1.165) is 16.6 Å². The number of anilines is 1. The van der Waals surface area contributed by atoms with E-state index in [-0.39, 0.29) is 6.10 Å². The van der Waals surface area contributed by atoms with Crippen LogP contribution in [-0.2, 0) is 16.0 Å². The van der Waals surface area contributed by atoms with Gasteiger partial charge in [0.2, 0.25) is 5.88 Å². The Kier molecular flexibility index (Phi) is 7.07. The number of aromatic nitrogens is 1. The summed E-state index contributed by atoms with van der Waals surface area (Å²) in [5.41, 5.74) is 0. The molecule has 0 aromatic carbocycles. The molecule has 1 heterocycles. The molecule has 0 aliphatic carbocycles. The second kappa shape index (κ2) is 8.31. The summed E-state index contributed by atoms with van der Waals surface area (Å²) >= 11 is 1.62. The highest BCUT2D eigenvalue weighted by molar-refractivity contribution is 7.15. The van der Waals surface area contributed by atoms with Gasteiger partial charge in [-0.05, 0) is 0 Å². The van der Waals surface area contributed by atoms with E-state index in [4.69, 9.17) is 14.2 Å². The molecule has 1 aromatic rings. The molecule has 0 fully saturated rings. The van der Waals surface area contributed by atoms with Crippen molar-refractivity contribution in [2.24, 2.45) is 0 Å². The van der Waals surface area contributed by atoms with Crippen LogP contribution >= 0.6 is 11.3 Å². The topological polar surface area (TPSA) is 55.9 Å². The molecule has 0 aliphatic rings. The molecule has 1 atom stereocenters. The third-order valence-corrected chi connectivity index (χ3v) is 3.77. The van der Waals surface area contributed by atoms with Crippen LogP contribution in [0.2, 0.25) is 0 Å². The third kappa shape index (κ3) is 4.94. The third-order valence-electron chi connectivity index (χ3n) is 2.57. The number of nitrogens with one attached hydrogen (secondary N) is 1. The summed E-state index contributed by atoms with van der Waals surface area (Å²) in [5.74, 6) is 0.682. The molecular weight excluding hydrogens is 266 g/mol. The average Bonchev–Trinajstić information content (AvgIpc) is 2.81. The lowest BCUT2D eigenvalue weighted by molar-refractivity contribution is 0.0288. The van der Waals surface area contributed by atoms with Gasteiger partial charge in [-0.2, -0.15) is 4.98 Å². The monoisotopic (exact) mass is 289 g/mol. The Bertz CT molecular complexity index is 371. The Labute approximate surface area is 118 Å². The smallest absolute Gasteiger partial charge is 0.230 e. The van der Waals surface area contributed by atoms with Crippen LogP contribution < -0.4 is 15.0 Å². The minimum atomic E-state index is 0.0530. The van der Waals surface area contributed by atoms with E-state index in [1.165, 1.54) is 0 Å². The predicted octanol–water partition coefficient (Wildman–Crippen LogP) is 0.969. The molecule has 1 N–H and O–H groups in total. The van der Waals surface area contributed by atoms with Crippen LogP contribution in [0.15, 0.2) is 0 Å². The number of methoxy groups -OCH3 is 3. The van der Waals surface area contributed by atoms with E-state index in [1.807, 2.05) is 19.0 Å². The maximum absolute atomic E-state index is 5.29. The predicted molar refractivity (Wildman–Crippen MR) is 77.4 cm³/mol. The summed E-state index contributed by atoms with van der Waals surface area (Å²) in [6.07, 6.45) is 0.0530. The zero-order chi connectivity index (χ0) is 14.3. The quantitative estimate of drug-likeness (QED) is 0.731. The van der Waals surface area contributed by atoms with Gasteiger partial charge in [0.1, 0.15) is 0 Å². The van der Waals surface area contributed by atoms with Gasteiger partial charge in [0.25, 0.3) is 0 Å². The fourth-order valence-corrected chi connectivity index (χ4v) is 2.45. The molecule has 1 unspecified atom stereocenters. The second-order valence-electron chi connectivity index (χ2n) is 4.27. The van der Waals surface area contributed by atoms with Crippen molar-refractivity contribution in [3.05, 3.63) is 4.88 Å². The van der Waals surface area contributed by atoms with E-state index in [1.54, 1.807) is 32.7 Å². The Morgan fingerprint density at radius 1 is 1.32 bits per heavy atom. The van der Waals surface area contributed by atoms with E-state index >= 15 is 0 Å². The van der Waals surface area contributed by atoms with Crippen LogP contribution in [-0.4, -0.2) is 59.7 Å². The van der Waals surface area contributed by atoms with Gasteiger partial charge < -0.3 is 24.4 Å². The highest BCUT2D eigenvalue weighted by Crippen LogP contribution is 2.30. The molecule has 19 heavy (non-hydrogen) atoms. The minimum Gasteiger partial charge on any atom is -0.480 e. The van der Waals surface area contributed by atoms with Gasteiger partial charge in [-0.3, -0.25) is 0 Å². The first-order valence-electron chi connectivity index (χ1n) is 6.05. The first-order valence-corrected chi connectivity index (χ1v) is 6.87. The minimum absolute atomic E-state index is 0.0530. The van der Waals surface area contributed by atoms with Crippen molar-refractivity contribution in [2.75, 3.05) is 53.5 Å². The lowest BCUT2D eigenvalue weighted by Crippen LogP contribution is -2.31. The van der Waals surface area contributed by atoms with Crippen LogP contribution in [0, 0.1) is 0 Å². The molecule has 0 amide bonds. The van der Waals surface area contributed by atoms with E-state index in [0.29, 0.717) is 19.0 Å². The van der Waals surface area contributed by atoms with Crippen LogP contribution in [0.5, 0.6) is 5.88 Å². The normalized spacial score (nSPS) is 12.5. The van der Waals surface area contributed by atoms with Crippen molar-refractivity contribution in [2.45, 2.75) is 12.6 Å². The lowest BCUT2D eigenvalue weighted by atomic mass is 10.3. The lowest BCUT2D eigenvalue weighted by Gasteiger charge is -2.14. The zero-order valence-electron chi connectivity index (χ0n) is 12.2. The summed E-state index contributed by atoms with van der Waals surface area (Å²) in [6, 6.07) is 0. The maximum Gasteiger partial charge on any atom is 0.230 e. The fourth-order valence-electron chi connectivity index (χ4n) is 1.53. The van der Waals surface area contributed by atoms with Crippen LogP contribution in [0.25, 0.3) is 0 Å². The molecule has 1 aromatic heterocycles. The Balaban J connectivity index is 2.52. The summed E-state index contributed by atoms with van der Waals surface area (Å²) in [5, 5.41) is 4.27. The first-order chi connectivity index (χ1) is 9.12. The largest absolute Gasteiger partial charge is 0.480 e. The van der Waals surface area contributed by atoms with Gasteiger partial charge in [0.05, 0.1) is 24.7 Å². The van der Waals surface area contributed by atoms with Crippen molar-refractivity contribution in [3.8, 4) is 5.88 Å². The SMILES string of the molecule is COCC(CNCc1sc(N(C)C)nc1OC)OC. The van der Waals surface area contributed by atoms with Crippen molar-refractivity contribution in [1.29, 1.82) is 0 Å². The molecule has 0 saturated heterocycles. The van der Waals surface area contributed by atoms with Gasteiger partial charge in [0, 0.05) is 41.4 Å². The number of rotatable bonds is 9. The van der Waals surface area contributed by atoms with Crippen molar-refractivity contribution in [3.63, 3.8) is 0 Å². The maximum atomic E-state index is 5.29. The molecular formula is C12H23N3O3S. The molecule has 0 aliphatic heterocycles. The number of hydrogen-bond acceptors (Lipinski definition) is 7. The Morgan fingerprint density at radius 3 is 2.58 bits per heavy atom. The van der Waals surface area contributed by atoms with Crippen molar-refractivity contribution >= 4 is 16.5 Å². The van der Waals surface area contributed by atoms with E-state index in [9.17, 15) is 0 Å². The van der Waals surface area contributed by atoms with Gasteiger partial charge in [-0.15, -0.1) is 0 Å². The number of thiazole rings is 1. The van der Waals surface area contributed by atoms with Crippen molar-refractivity contribution < 1.29 is 14.2 Å². The molecule has 6 nitrogen and oxygen atoms in total. The summed E-state index contributed by atoms with van der Waals surface area (Å²) < 4.78 is 15.6. The fraction of sp³-hybridized carbons (Fsp3) is 0.750. The highest BCUT2D eigenvalue weighted by atomic mass is 32.1. The summed E-state index contributed by atoms with van der Waals surface area (Å²) in [4.78, 5) is 7.46. The second-order valence-corrected chi connectivity index (χ2v) is 5.33. The van der Waals surface area contributed by atoms with Crippen LogP contribution in [0.4, 0.5) is 5.13 Å². The van der Waals surface area contributed by atoms with Crippen LogP contribution in [0.1, 0.15) is 4.88 Å². The number of nitrogens with zero attached hydrogens (tertiary/aromatic N) is 2. The zero-order valence-corrected chi connectivity index (χ0v) is 13.0. The molecule has 7 heteroatoms. The van der Waals surface area contributed by atoms with Gasteiger partial charge >= 0.3 is 0 Å². The van der Waals surface area contributed by atoms with E-state index < -0.39 is 0 Å². The standard InChI is InChI=1S/C12H23N3O3S/c1-15(2)12-14-11(18-5)10(19-12)7-13-6-9(17-4)8-16-3/h9,13H,6-8H2,1-5H3. The van der Waals surface area contributed by atoms with E-state index in [2.05, 4.69) is 10.3 Å². The Hall–Kier alpha value is -0.890.